The average Bonchev–Trinajstić information content (AvgIpc) is 2.99. The van der Waals surface area contributed by atoms with Crippen LogP contribution in [0.1, 0.15) is 31.9 Å². The third kappa shape index (κ3) is 2.17. The lowest BCUT2D eigenvalue weighted by atomic mass is 9.92. The molecule has 0 bridgehead atoms. The molecule has 3 atom stereocenters. The topological polar surface area (TPSA) is 70.4 Å². The van der Waals surface area contributed by atoms with Gasteiger partial charge >= 0.3 is 5.76 Å². The van der Waals surface area contributed by atoms with Gasteiger partial charge in [-0.05, 0) is 38.0 Å². The Hall–Kier alpha value is -1.59. The summed E-state index contributed by atoms with van der Waals surface area (Å²) in [6.07, 6.45) is 1.24. The molecule has 1 aliphatic rings. The van der Waals surface area contributed by atoms with Gasteiger partial charge in [-0.1, -0.05) is 6.07 Å². The quantitative estimate of drug-likeness (QED) is 0.931. The lowest BCUT2D eigenvalue weighted by Crippen LogP contribution is -2.21. The molecule has 0 radical (unpaired) electrons. The molecule has 2 aromatic rings. The Bertz CT molecular complexity index is 673. The monoisotopic (exact) mass is 276 g/mol. The smallest absolute Gasteiger partial charge is 0.408 e. The zero-order valence-corrected chi connectivity index (χ0v) is 11.8. The van der Waals surface area contributed by atoms with Crippen LogP contribution in [0.3, 0.4) is 0 Å². The van der Waals surface area contributed by atoms with E-state index in [1.165, 1.54) is 0 Å². The summed E-state index contributed by atoms with van der Waals surface area (Å²) < 4.78 is 12.5. The molecule has 108 valence electrons. The van der Waals surface area contributed by atoms with Crippen molar-refractivity contribution in [3.63, 3.8) is 0 Å². The molecule has 5 heteroatoms. The lowest BCUT2D eigenvalue weighted by molar-refractivity contribution is 0.118. The van der Waals surface area contributed by atoms with Gasteiger partial charge in [0.2, 0.25) is 0 Å². The van der Waals surface area contributed by atoms with Crippen LogP contribution < -0.4 is 11.5 Å². The van der Waals surface area contributed by atoms with Gasteiger partial charge in [0, 0.05) is 18.5 Å². The molecule has 1 aliphatic heterocycles. The van der Waals surface area contributed by atoms with Crippen molar-refractivity contribution in [3.8, 4) is 0 Å². The molecule has 1 fully saturated rings. The maximum atomic E-state index is 11.7. The number of hydrogen-bond donors (Lipinski definition) is 1. The Morgan fingerprint density at radius 1 is 1.50 bits per heavy atom. The van der Waals surface area contributed by atoms with Crippen LogP contribution in [0.2, 0.25) is 0 Å². The minimum Gasteiger partial charge on any atom is -0.408 e. The molecular weight excluding hydrogens is 256 g/mol. The highest BCUT2D eigenvalue weighted by Gasteiger charge is 2.28. The number of hydrogen-bond acceptors (Lipinski definition) is 4. The van der Waals surface area contributed by atoms with E-state index in [9.17, 15) is 4.79 Å². The molecule has 2 heterocycles. The van der Waals surface area contributed by atoms with Crippen molar-refractivity contribution in [2.24, 2.45) is 11.7 Å². The molecule has 3 rings (SSSR count). The minimum absolute atomic E-state index is 0.0837. The maximum Gasteiger partial charge on any atom is 0.419 e. The summed E-state index contributed by atoms with van der Waals surface area (Å²) in [6, 6.07) is 5.70. The Labute approximate surface area is 117 Å². The average molecular weight is 276 g/mol. The van der Waals surface area contributed by atoms with Crippen molar-refractivity contribution in [1.29, 1.82) is 0 Å². The zero-order valence-electron chi connectivity index (χ0n) is 11.8. The van der Waals surface area contributed by atoms with Gasteiger partial charge in [0.15, 0.2) is 5.58 Å². The van der Waals surface area contributed by atoms with Crippen molar-refractivity contribution in [3.05, 3.63) is 34.3 Å². The molecular formula is C15H20N2O3. The van der Waals surface area contributed by atoms with E-state index in [1.807, 2.05) is 25.1 Å². The van der Waals surface area contributed by atoms with E-state index in [1.54, 1.807) is 4.57 Å². The van der Waals surface area contributed by atoms with Crippen molar-refractivity contribution in [2.45, 2.75) is 39.0 Å². The second-order valence-corrected chi connectivity index (χ2v) is 5.50. The van der Waals surface area contributed by atoms with Gasteiger partial charge in [0.05, 0.1) is 18.2 Å². The van der Waals surface area contributed by atoms with E-state index in [0.717, 1.165) is 17.5 Å². The molecule has 0 amide bonds. The fourth-order valence-corrected chi connectivity index (χ4v) is 2.96. The summed E-state index contributed by atoms with van der Waals surface area (Å²) in [5.41, 5.74) is 8.75. The predicted molar refractivity (Wildman–Crippen MR) is 76.6 cm³/mol. The highest BCUT2D eigenvalue weighted by Crippen LogP contribution is 2.31. The number of ether oxygens (including phenoxy) is 1. The molecule has 5 nitrogen and oxygen atoms in total. The van der Waals surface area contributed by atoms with Crippen LogP contribution in [0.5, 0.6) is 0 Å². The van der Waals surface area contributed by atoms with Crippen molar-refractivity contribution >= 4 is 11.1 Å². The summed E-state index contributed by atoms with van der Waals surface area (Å²) >= 11 is 0. The minimum atomic E-state index is -0.314. The van der Waals surface area contributed by atoms with Crippen LogP contribution in [0, 0.1) is 5.92 Å². The van der Waals surface area contributed by atoms with Gasteiger partial charge in [-0.2, -0.15) is 0 Å². The van der Waals surface area contributed by atoms with Gasteiger partial charge in [-0.15, -0.1) is 0 Å². The largest absolute Gasteiger partial charge is 0.419 e. The van der Waals surface area contributed by atoms with E-state index >= 15 is 0 Å². The number of aromatic nitrogens is 1. The molecule has 0 aliphatic carbocycles. The molecule has 2 N–H and O–H groups in total. The molecule has 0 saturated carbocycles. The summed E-state index contributed by atoms with van der Waals surface area (Å²) in [6.45, 7) is 5.29. The van der Waals surface area contributed by atoms with Gasteiger partial charge in [-0.3, -0.25) is 4.57 Å². The second-order valence-electron chi connectivity index (χ2n) is 5.50. The Kier molecular flexibility index (Phi) is 3.40. The van der Waals surface area contributed by atoms with Gasteiger partial charge in [0.25, 0.3) is 0 Å². The summed E-state index contributed by atoms with van der Waals surface area (Å²) in [5, 5.41) is 0. The van der Waals surface area contributed by atoms with E-state index in [-0.39, 0.29) is 17.9 Å². The van der Waals surface area contributed by atoms with Crippen molar-refractivity contribution in [2.75, 3.05) is 6.61 Å². The van der Waals surface area contributed by atoms with Gasteiger partial charge in [-0.25, -0.2) is 4.79 Å². The van der Waals surface area contributed by atoms with E-state index in [2.05, 4.69) is 6.92 Å². The van der Waals surface area contributed by atoms with Crippen LogP contribution >= 0.6 is 0 Å². The fraction of sp³-hybridized carbons (Fsp3) is 0.533. The molecule has 20 heavy (non-hydrogen) atoms. The zero-order chi connectivity index (χ0) is 14.3. The van der Waals surface area contributed by atoms with E-state index in [4.69, 9.17) is 14.9 Å². The molecule has 3 unspecified atom stereocenters. The van der Waals surface area contributed by atoms with Crippen LogP contribution in [0.25, 0.3) is 11.1 Å². The highest BCUT2D eigenvalue weighted by molar-refractivity contribution is 5.73. The molecule has 1 saturated heterocycles. The summed E-state index contributed by atoms with van der Waals surface area (Å²) in [4.78, 5) is 11.7. The Morgan fingerprint density at radius 3 is 2.95 bits per heavy atom. The van der Waals surface area contributed by atoms with Crippen molar-refractivity contribution < 1.29 is 9.15 Å². The van der Waals surface area contributed by atoms with Gasteiger partial charge in [0.1, 0.15) is 0 Å². The lowest BCUT2D eigenvalue weighted by Gasteiger charge is -2.18. The predicted octanol–water partition coefficient (Wildman–Crippen LogP) is 2.04. The Balaban J connectivity index is 1.95. The first kappa shape index (κ1) is 13.4. The Morgan fingerprint density at radius 2 is 2.30 bits per heavy atom. The first-order valence-corrected chi connectivity index (χ1v) is 7.10. The van der Waals surface area contributed by atoms with Crippen LogP contribution in [-0.4, -0.2) is 17.3 Å². The number of aryl methyl sites for hydroxylation is 1. The number of benzene rings is 1. The van der Waals surface area contributed by atoms with Gasteiger partial charge < -0.3 is 14.9 Å². The number of rotatable bonds is 3. The van der Waals surface area contributed by atoms with Crippen LogP contribution in [0.4, 0.5) is 0 Å². The molecule has 0 spiro atoms. The standard InChI is InChI=1S/C15H20N2O3/c1-3-17-12-5-4-10(7-13(12)20-15(17)18)14(16)11-6-9(2)19-8-11/h4-5,7,9,11,14H,3,6,8,16H2,1-2H3. The highest BCUT2D eigenvalue weighted by atomic mass is 16.5. The van der Waals surface area contributed by atoms with Crippen LogP contribution in [0.15, 0.2) is 27.4 Å². The molecule has 1 aromatic heterocycles. The second kappa shape index (κ2) is 5.07. The third-order valence-electron chi connectivity index (χ3n) is 4.13. The number of fused-ring (bicyclic) bond motifs is 1. The first-order valence-electron chi connectivity index (χ1n) is 7.10. The third-order valence-corrected chi connectivity index (χ3v) is 4.13. The maximum absolute atomic E-state index is 11.7. The molecule has 1 aromatic carbocycles. The van der Waals surface area contributed by atoms with Crippen LogP contribution in [-0.2, 0) is 11.3 Å². The van der Waals surface area contributed by atoms with E-state index in [0.29, 0.717) is 24.7 Å². The van der Waals surface area contributed by atoms with E-state index < -0.39 is 0 Å². The van der Waals surface area contributed by atoms with Crippen molar-refractivity contribution in [1.82, 2.24) is 4.57 Å². The first-order chi connectivity index (χ1) is 9.60. The fourth-order valence-electron chi connectivity index (χ4n) is 2.96. The summed E-state index contributed by atoms with van der Waals surface area (Å²) in [7, 11) is 0. The SMILES string of the molecule is CCn1c(=O)oc2cc(C(N)C3COC(C)C3)ccc21. The number of nitrogens with two attached hydrogens (primary N) is 1. The number of oxazole rings is 1. The normalized spacial score (nSPS) is 24.4. The summed E-state index contributed by atoms with van der Waals surface area (Å²) in [5.74, 6) is 0.00785. The number of nitrogens with zero attached hydrogens (tertiary/aromatic N) is 1.